The topological polar surface area (TPSA) is 82.4 Å². The van der Waals surface area contributed by atoms with E-state index in [2.05, 4.69) is 27.0 Å². The molecule has 0 radical (unpaired) electrons. The lowest BCUT2D eigenvalue weighted by Crippen LogP contribution is -2.50. The maximum atomic E-state index is 13.4. The highest BCUT2D eigenvalue weighted by Crippen LogP contribution is 2.47. The van der Waals surface area contributed by atoms with Crippen molar-refractivity contribution in [3.63, 3.8) is 0 Å². The van der Waals surface area contributed by atoms with E-state index in [1.54, 1.807) is 6.07 Å². The van der Waals surface area contributed by atoms with Crippen molar-refractivity contribution in [1.29, 1.82) is 5.26 Å². The number of hydrogen-bond acceptors (Lipinski definition) is 6. The third-order valence-electron chi connectivity index (χ3n) is 6.17. The van der Waals surface area contributed by atoms with Gasteiger partial charge in [0.05, 0.1) is 6.04 Å². The molecule has 3 aliphatic heterocycles. The molecule has 0 aliphatic carbocycles. The summed E-state index contributed by atoms with van der Waals surface area (Å²) in [5.41, 5.74) is 0.811. The summed E-state index contributed by atoms with van der Waals surface area (Å²) in [6.45, 7) is 1.34. The Hall–Kier alpha value is -2.98. The van der Waals surface area contributed by atoms with E-state index in [-0.39, 0.29) is 18.2 Å². The smallest absolute Gasteiger partial charge is 0.257 e. The zero-order valence-electron chi connectivity index (χ0n) is 15.5. The Bertz CT molecular complexity index is 933. The fraction of sp³-hybridized carbons (Fsp3) is 0.429. The van der Waals surface area contributed by atoms with Crippen molar-refractivity contribution < 1.29 is 9.53 Å². The number of fused-ring (bicyclic) bond motifs is 1. The minimum Gasteiger partial charge on any atom is -0.356 e. The highest BCUT2D eigenvalue weighted by atomic mass is 16.6. The molecular weight excluding hydrogens is 354 g/mol. The zero-order chi connectivity index (χ0) is 19.1. The predicted octanol–water partition coefficient (Wildman–Crippen LogP) is 2.41. The number of aromatic nitrogens is 2. The van der Waals surface area contributed by atoms with Gasteiger partial charge in [-0.2, -0.15) is 5.26 Å². The quantitative estimate of drug-likeness (QED) is 0.802. The minimum absolute atomic E-state index is 0.108. The first kappa shape index (κ1) is 17.1. The molecule has 5 rings (SSSR count). The van der Waals surface area contributed by atoms with Gasteiger partial charge < -0.3 is 14.5 Å². The van der Waals surface area contributed by atoms with E-state index in [1.165, 1.54) is 11.9 Å². The van der Waals surface area contributed by atoms with Crippen LogP contribution in [0.15, 0.2) is 42.7 Å². The molecule has 3 saturated heterocycles. The van der Waals surface area contributed by atoms with Gasteiger partial charge in [-0.05, 0) is 18.4 Å². The molecule has 3 fully saturated rings. The van der Waals surface area contributed by atoms with Crippen molar-refractivity contribution >= 4 is 11.7 Å². The molecule has 7 heteroatoms. The summed E-state index contributed by atoms with van der Waals surface area (Å²) in [7, 11) is 0. The van der Waals surface area contributed by atoms with Gasteiger partial charge in [-0.25, -0.2) is 9.97 Å². The molecule has 3 aliphatic rings. The van der Waals surface area contributed by atoms with Crippen LogP contribution in [0.5, 0.6) is 0 Å². The third-order valence-corrected chi connectivity index (χ3v) is 6.17. The molecule has 1 aromatic heterocycles. The predicted molar refractivity (Wildman–Crippen MR) is 101 cm³/mol. The number of nitriles is 1. The molecule has 1 amide bonds. The SMILES string of the molecule is N#Cc1cc(N2CCC3(CC2)OC2CCC(c4ccccc4)N2C3=O)ncn1. The van der Waals surface area contributed by atoms with E-state index >= 15 is 0 Å². The van der Waals surface area contributed by atoms with Crippen LogP contribution in [0.1, 0.15) is 43.0 Å². The van der Waals surface area contributed by atoms with Gasteiger partial charge in [0.15, 0.2) is 5.60 Å². The molecule has 0 saturated carbocycles. The van der Waals surface area contributed by atoms with Crippen molar-refractivity contribution in [2.24, 2.45) is 0 Å². The Morgan fingerprint density at radius 2 is 1.93 bits per heavy atom. The molecule has 1 aromatic carbocycles. The number of piperidine rings is 1. The lowest BCUT2D eigenvalue weighted by Gasteiger charge is -2.38. The first-order chi connectivity index (χ1) is 13.7. The third kappa shape index (κ3) is 2.64. The van der Waals surface area contributed by atoms with Gasteiger partial charge >= 0.3 is 0 Å². The van der Waals surface area contributed by atoms with Crippen molar-refractivity contribution in [3.05, 3.63) is 54.0 Å². The average Bonchev–Trinajstić information content (AvgIpc) is 3.27. The summed E-state index contributed by atoms with van der Waals surface area (Å²) in [5, 5.41) is 9.04. The number of hydrogen-bond donors (Lipinski definition) is 0. The Kier molecular flexibility index (Phi) is 4.02. The second-order valence-electron chi connectivity index (χ2n) is 7.64. The van der Waals surface area contributed by atoms with E-state index in [9.17, 15) is 4.79 Å². The molecule has 0 N–H and O–H groups in total. The number of ether oxygens (including phenoxy) is 1. The van der Waals surface area contributed by atoms with Crippen LogP contribution in [0.2, 0.25) is 0 Å². The number of rotatable bonds is 2. The van der Waals surface area contributed by atoms with Crippen LogP contribution in [-0.2, 0) is 9.53 Å². The van der Waals surface area contributed by atoms with Gasteiger partial charge in [0.1, 0.15) is 30.1 Å². The standard InChI is InChI=1S/C21H21N5O2/c22-13-16-12-18(24-14-23-16)25-10-8-21(9-11-25)20(27)26-17(6-7-19(26)28-21)15-4-2-1-3-5-15/h1-5,12,14,17,19H,6-11H2. The first-order valence-corrected chi connectivity index (χ1v) is 9.73. The molecule has 2 unspecified atom stereocenters. The lowest BCUT2D eigenvalue weighted by atomic mass is 9.89. The second-order valence-corrected chi connectivity index (χ2v) is 7.64. The normalized spacial score (nSPS) is 25.8. The Balaban J connectivity index is 1.33. The van der Waals surface area contributed by atoms with Gasteiger partial charge in [-0.3, -0.25) is 4.79 Å². The number of carbonyl (C=O) groups excluding carboxylic acids is 1. The lowest BCUT2D eigenvalue weighted by molar-refractivity contribution is -0.140. The van der Waals surface area contributed by atoms with Crippen molar-refractivity contribution in [3.8, 4) is 6.07 Å². The Morgan fingerprint density at radius 1 is 1.14 bits per heavy atom. The van der Waals surface area contributed by atoms with Crippen molar-refractivity contribution in [2.75, 3.05) is 18.0 Å². The Morgan fingerprint density at radius 3 is 2.68 bits per heavy atom. The van der Waals surface area contributed by atoms with E-state index in [0.717, 1.165) is 18.7 Å². The van der Waals surface area contributed by atoms with Crippen LogP contribution < -0.4 is 4.90 Å². The highest BCUT2D eigenvalue weighted by molar-refractivity contribution is 5.88. The number of carbonyl (C=O) groups is 1. The first-order valence-electron chi connectivity index (χ1n) is 9.73. The molecule has 142 valence electrons. The van der Waals surface area contributed by atoms with Crippen LogP contribution in [0.4, 0.5) is 5.82 Å². The maximum Gasteiger partial charge on any atom is 0.257 e. The van der Waals surface area contributed by atoms with Crippen LogP contribution >= 0.6 is 0 Å². The number of nitrogens with zero attached hydrogens (tertiary/aromatic N) is 5. The Labute approximate surface area is 163 Å². The van der Waals surface area contributed by atoms with Crippen LogP contribution in [0.3, 0.4) is 0 Å². The summed E-state index contributed by atoms with van der Waals surface area (Å²) < 4.78 is 6.37. The van der Waals surface area contributed by atoms with Gasteiger partial charge in [0.25, 0.3) is 5.91 Å². The molecule has 1 spiro atoms. The number of benzene rings is 1. The van der Waals surface area contributed by atoms with Crippen molar-refractivity contribution in [2.45, 2.75) is 43.6 Å². The van der Waals surface area contributed by atoms with Crippen LogP contribution in [0.25, 0.3) is 0 Å². The largest absolute Gasteiger partial charge is 0.356 e. The molecule has 2 atom stereocenters. The van der Waals surface area contributed by atoms with E-state index in [1.807, 2.05) is 29.2 Å². The highest BCUT2D eigenvalue weighted by Gasteiger charge is 2.57. The fourth-order valence-electron chi connectivity index (χ4n) is 4.73. The fourth-order valence-corrected chi connectivity index (χ4v) is 4.73. The van der Waals surface area contributed by atoms with Gasteiger partial charge in [-0.1, -0.05) is 30.3 Å². The summed E-state index contributed by atoms with van der Waals surface area (Å²) >= 11 is 0. The monoisotopic (exact) mass is 375 g/mol. The van der Waals surface area contributed by atoms with Crippen LogP contribution in [0, 0.1) is 11.3 Å². The molecule has 7 nitrogen and oxygen atoms in total. The van der Waals surface area contributed by atoms with Crippen molar-refractivity contribution in [1.82, 2.24) is 14.9 Å². The minimum atomic E-state index is -0.723. The van der Waals surface area contributed by atoms with Gasteiger partial charge in [0.2, 0.25) is 0 Å². The second kappa shape index (κ2) is 6.57. The molecule has 0 bridgehead atoms. The van der Waals surface area contributed by atoms with E-state index in [0.29, 0.717) is 31.6 Å². The molecule has 2 aromatic rings. The number of anilines is 1. The van der Waals surface area contributed by atoms with E-state index < -0.39 is 5.60 Å². The summed E-state index contributed by atoms with van der Waals surface area (Å²) in [6.07, 6.45) is 4.39. The van der Waals surface area contributed by atoms with Gasteiger partial charge in [-0.15, -0.1) is 0 Å². The maximum absolute atomic E-state index is 13.4. The van der Waals surface area contributed by atoms with E-state index in [4.69, 9.17) is 10.00 Å². The molecule has 4 heterocycles. The summed E-state index contributed by atoms with van der Waals surface area (Å²) in [6, 6.07) is 14.1. The summed E-state index contributed by atoms with van der Waals surface area (Å²) in [5.74, 6) is 0.860. The molecular formula is C21H21N5O2. The molecule has 28 heavy (non-hydrogen) atoms. The summed E-state index contributed by atoms with van der Waals surface area (Å²) in [4.78, 5) is 25.7. The average molecular weight is 375 g/mol. The van der Waals surface area contributed by atoms with Crippen LogP contribution in [-0.4, -0.2) is 45.7 Å². The number of amides is 1. The zero-order valence-corrected chi connectivity index (χ0v) is 15.5. The van der Waals surface area contributed by atoms with Gasteiger partial charge in [0, 0.05) is 32.0 Å².